The Morgan fingerprint density at radius 3 is 2.60 bits per heavy atom. The van der Waals surface area contributed by atoms with E-state index in [-0.39, 0.29) is 11.9 Å². The number of aryl methyl sites for hydroxylation is 1. The largest absolute Gasteiger partial charge is 0.335 e. The maximum atomic E-state index is 12.5. The monoisotopic (exact) mass is 291 g/mol. The van der Waals surface area contributed by atoms with Crippen LogP contribution in [0.15, 0.2) is 30.5 Å². The normalized spacial score (nSPS) is 12.2. The van der Waals surface area contributed by atoms with Gasteiger partial charge in [-0.3, -0.25) is 9.48 Å². The molecule has 1 unspecified atom stereocenters. The van der Waals surface area contributed by atoms with Crippen LogP contribution in [0, 0.1) is 6.92 Å². The molecule has 0 aliphatic carbocycles. The van der Waals surface area contributed by atoms with E-state index in [0.29, 0.717) is 10.6 Å². The van der Waals surface area contributed by atoms with Crippen LogP contribution in [0.3, 0.4) is 0 Å². The first-order chi connectivity index (χ1) is 9.43. The minimum absolute atomic E-state index is 0.0528. The van der Waals surface area contributed by atoms with E-state index in [1.165, 1.54) is 0 Å². The average molecular weight is 292 g/mol. The third kappa shape index (κ3) is 2.56. The summed E-state index contributed by atoms with van der Waals surface area (Å²) >= 11 is 6.19. The lowest BCUT2D eigenvalue weighted by Crippen LogP contribution is -2.30. The van der Waals surface area contributed by atoms with Gasteiger partial charge in [0, 0.05) is 24.8 Å². The summed E-state index contributed by atoms with van der Waals surface area (Å²) in [6, 6.07) is 7.47. The highest BCUT2D eigenvalue weighted by atomic mass is 35.5. The fourth-order valence-corrected chi connectivity index (χ4v) is 2.39. The van der Waals surface area contributed by atoms with Crippen molar-refractivity contribution in [2.24, 2.45) is 7.05 Å². The number of carbonyl (C=O) groups is 1. The molecule has 0 saturated heterocycles. The van der Waals surface area contributed by atoms with Gasteiger partial charge in [0.1, 0.15) is 0 Å². The summed E-state index contributed by atoms with van der Waals surface area (Å²) < 4.78 is 1.70. The highest BCUT2D eigenvalue weighted by molar-refractivity contribution is 6.31. The highest BCUT2D eigenvalue weighted by Crippen LogP contribution is 2.27. The molecule has 4 nitrogen and oxygen atoms in total. The average Bonchev–Trinajstić information content (AvgIpc) is 2.77. The molecule has 0 fully saturated rings. The fourth-order valence-electron chi connectivity index (χ4n) is 2.10. The van der Waals surface area contributed by atoms with E-state index in [1.807, 2.05) is 45.2 Å². The predicted molar refractivity (Wildman–Crippen MR) is 79.9 cm³/mol. The van der Waals surface area contributed by atoms with Crippen LogP contribution in [0.25, 0.3) is 0 Å². The minimum Gasteiger partial charge on any atom is -0.335 e. The molecule has 0 aliphatic heterocycles. The molecule has 1 atom stereocenters. The lowest BCUT2D eigenvalue weighted by molar-refractivity contribution is 0.0742. The van der Waals surface area contributed by atoms with Gasteiger partial charge >= 0.3 is 0 Å². The molecule has 0 saturated carbocycles. The Balaban J connectivity index is 2.27. The van der Waals surface area contributed by atoms with Crippen LogP contribution in [0.2, 0.25) is 5.02 Å². The van der Waals surface area contributed by atoms with E-state index in [1.54, 1.807) is 22.8 Å². The number of nitrogens with zero attached hydrogens (tertiary/aromatic N) is 3. The van der Waals surface area contributed by atoms with Gasteiger partial charge in [-0.25, -0.2) is 0 Å². The number of hydrogen-bond donors (Lipinski definition) is 0. The maximum absolute atomic E-state index is 12.5. The van der Waals surface area contributed by atoms with Crippen LogP contribution >= 0.6 is 11.6 Å². The second-order valence-corrected chi connectivity index (χ2v) is 5.29. The van der Waals surface area contributed by atoms with Gasteiger partial charge in [-0.15, -0.1) is 0 Å². The van der Waals surface area contributed by atoms with Gasteiger partial charge in [0.05, 0.1) is 17.8 Å². The number of rotatable bonds is 3. The van der Waals surface area contributed by atoms with Crippen LogP contribution in [-0.2, 0) is 7.05 Å². The van der Waals surface area contributed by atoms with Crippen LogP contribution in [-0.4, -0.2) is 27.6 Å². The Hall–Kier alpha value is -1.81. The number of carbonyl (C=O) groups excluding carboxylic acids is 1. The molecule has 0 aliphatic rings. The number of amides is 1. The van der Waals surface area contributed by atoms with Crippen molar-refractivity contribution in [1.82, 2.24) is 14.7 Å². The van der Waals surface area contributed by atoms with Gasteiger partial charge in [0.2, 0.25) is 0 Å². The zero-order chi connectivity index (χ0) is 14.9. The standard InChI is InChI=1S/C15H18ClN3O/c1-10(12-7-5-6-8-14(12)16)18(3)15(20)13-9-17-19(4)11(13)2/h5-10H,1-4H3. The molecule has 106 valence electrons. The molecule has 5 heteroatoms. The number of aromatic nitrogens is 2. The van der Waals surface area contributed by atoms with E-state index in [2.05, 4.69) is 5.10 Å². The van der Waals surface area contributed by atoms with E-state index in [9.17, 15) is 4.79 Å². The topological polar surface area (TPSA) is 38.1 Å². The summed E-state index contributed by atoms with van der Waals surface area (Å²) in [4.78, 5) is 14.2. The maximum Gasteiger partial charge on any atom is 0.257 e. The summed E-state index contributed by atoms with van der Waals surface area (Å²) in [5.74, 6) is -0.0528. The number of benzene rings is 1. The van der Waals surface area contributed by atoms with E-state index >= 15 is 0 Å². The molecule has 20 heavy (non-hydrogen) atoms. The van der Waals surface area contributed by atoms with Crippen molar-refractivity contribution in [1.29, 1.82) is 0 Å². The zero-order valence-corrected chi connectivity index (χ0v) is 12.8. The first-order valence-electron chi connectivity index (χ1n) is 6.43. The highest BCUT2D eigenvalue weighted by Gasteiger charge is 2.23. The van der Waals surface area contributed by atoms with Crippen molar-refractivity contribution in [3.8, 4) is 0 Å². The molecule has 1 heterocycles. The number of hydrogen-bond acceptors (Lipinski definition) is 2. The van der Waals surface area contributed by atoms with E-state index in [4.69, 9.17) is 11.6 Å². The Labute approximate surface area is 124 Å². The Morgan fingerprint density at radius 1 is 1.40 bits per heavy atom. The SMILES string of the molecule is Cc1c(C(=O)N(C)C(C)c2ccccc2Cl)cnn1C. The molecule has 0 radical (unpaired) electrons. The van der Waals surface area contributed by atoms with Gasteiger partial charge in [-0.1, -0.05) is 29.8 Å². The van der Waals surface area contributed by atoms with Gasteiger partial charge in [-0.05, 0) is 25.5 Å². The molecule has 2 rings (SSSR count). The zero-order valence-electron chi connectivity index (χ0n) is 12.1. The first-order valence-corrected chi connectivity index (χ1v) is 6.81. The fraction of sp³-hybridized carbons (Fsp3) is 0.333. The van der Waals surface area contributed by atoms with Crippen molar-refractivity contribution in [2.75, 3.05) is 7.05 Å². The van der Waals surface area contributed by atoms with Crippen molar-refractivity contribution < 1.29 is 4.79 Å². The van der Waals surface area contributed by atoms with Crippen LogP contribution < -0.4 is 0 Å². The van der Waals surface area contributed by atoms with Crippen molar-refractivity contribution >= 4 is 17.5 Å². The summed E-state index contributed by atoms with van der Waals surface area (Å²) in [5.41, 5.74) is 2.41. The summed E-state index contributed by atoms with van der Waals surface area (Å²) in [6.07, 6.45) is 1.60. The van der Waals surface area contributed by atoms with Crippen molar-refractivity contribution in [3.63, 3.8) is 0 Å². The van der Waals surface area contributed by atoms with Gasteiger partial charge in [0.25, 0.3) is 5.91 Å². The third-order valence-electron chi connectivity index (χ3n) is 3.72. The van der Waals surface area contributed by atoms with Crippen molar-refractivity contribution in [3.05, 3.63) is 52.3 Å². The van der Waals surface area contributed by atoms with E-state index < -0.39 is 0 Å². The number of halogens is 1. The summed E-state index contributed by atoms with van der Waals surface area (Å²) in [6.45, 7) is 3.85. The lowest BCUT2D eigenvalue weighted by atomic mass is 10.1. The molecule has 0 N–H and O–H groups in total. The Kier molecular flexibility index (Phi) is 4.14. The second-order valence-electron chi connectivity index (χ2n) is 4.88. The smallest absolute Gasteiger partial charge is 0.257 e. The molecule has 1 amide bonds. The quantitative estimate of drug-likeness (QED) is 0.871. The molecule has 0 spiro atoms. The third-order valence-corrected chi connectivity index (χ3v) is 4.07. The van der Waals surface area contributed by atoms with E-state index in [0.717, 1.165) is 11.3 Å². The first kappa shape index (κ1) is 14.6. The van der Waals surface area contributed by atoms with Crippen LogP contribution in [0.4, 0.5) is 0 Å². The lowest BCUT2D eigenvalue weighted by Gasteiger charge is -2.26. The van der Waals surface area contributed by atoms with Crippen molar-refractivity contribution in [2.45, 2.75) is 19.9 Å². The van der Waals surface area contributed by atoms with Crippen LogP contribution in [0.1, 0.15) is 34.6 Å². The molecule has 0 bridgehead atoms. The minimum atomic E-state index is -0.101. The van der Waals surface area contributed by atoms with Gasteiger partial charge in [-0.2, -0.15) is 5.10 Å². The summed E-state index contributed by atoms with van der Waals surface area (Å²) in [5, 5.41) is 4.78. The molecule has 1 aromatic carbocycles. The molecule has 2 aromatic rings. The summed E-state index contributed by atoms with van der Waals surface area (Å²) in [7, 11) is 3.60. The Bertz CT molecular complexity index is 636. The molecular formula is C15H18ClN3O. The molecule has 1 aromatic heterocycles. The van der Waals surface area contributed by atoms with Crippen LogP contribution in [0.5, 0.6) is 0 Å². The second kappa shape index (κ2) is 5.67. The van der Waals surface area contributed by atoms with Gasteiger partial charge < -0.3 is 4.90 Å². The van der Waals surface area contributed by atoms with Gasteiger partial charge in [0.15, 0.2) is 0 Å². The molecular weight excluding hydrogens is 274 g/mol. The Morgan fingerprint density at radius 2 is 2.05 bits per heavy atom. The predicted octanol–water partition coefficient (Wildman–Crippen LogP) is 3.22.